The number of rotatable bonds is 12. The van der Waals surface area contributed by atoms with Crippen molar-refractivity contribution in [2.24, 2.45) is 10.9 Å². The molecule has 4 atom stereocenters. The Morgan fingerprint density at radius 1 is 0.938 bits per heavy atom. The number of halogens is 3. The second-order valence-corrected chi connectivity index (χ2v) is 13.2. The molecule has 0 radical (unpaired) electrons. The third kappa shape index (κ3) is 7.29. The van der Waals surface area contributed by atoms with Gasteiger partial charge in [-0.3, -0.25) is 9.69 Å². The molecule has 2 saturated heterocycles. The first-order valence-corrected chi connectivity index (χ1v) is 17.0. The van der Waals surface area contributed by atoms with Gasteiger partial charge in [-0.2, -0.15) is 4.99 Å². The van der Waals surface area contributed by atoms with Gasteiger partial charge in [0.05, 0.1) is 18.0 Å². The average molecular weight is 687 g/mol. The maximum atomic E-state index is 14.1. The van der Waals surface area contributed by atoms with Gasteiger partial charge in [0.15, 0.2) is 0 Å². The summed E-state index contributed by atoms with van der Waals surface area (Å²) in [6, 6.07) is 27.8. The summed E-state index contributed by atoms with van der Waals surface area (Å²) < 4.78 is 41.0. The van der Waals surface area contributed by atoms with Gasteiger partial charge in [0.25, 0.3) is 0 Å². The Kier molecular flexibility index (Phi) is 10.8. The van der Waals surface area contributed by atoms with Crippen molar-refractivity contribution in [1.82, 2.24) is 4.90 Å². The van der Waals surface area contributed by atoms with Crippen LogP contribution in [-0.4, -0.2) is 41.8 Å². The summed E-state index contributed by atoms with van der Waals surface area (Å²) in [6.45, 7) is 0.839. The van der Waals surface area contributed by atoms with Crippen molar-refractivity contribution in [1.29, 1.82) is 0 Å². The van der Waals surface area contributed by atoms with Gasteiger partial charge in [-0.1, -0.05) is 60.1 Å². The number of hydrogen-bond acceptors (Lipinski definition) is 6. The van der Waals surface area contributed by atoms with Crippen LogP contribution >= 0.6 is 23.8 Å². The van der Waals surface area contributed by atoms with Crippen LogP contribution in [0.2, 0.25) is 5.02 Å². The summed E-state index contributed by atoms with van der Waals surface area (Å²) in [6.07, 6.45) is 4.43. The molecule has 9 heteroatoms. The van der Waals surface area contributed by atoms with Gasteiger partial charge in [-0.05, 0) is 128 Å². The smallest absolute Gasteiger partial charge is 0.313 e. The number of nitrogens with zero attached hydrogens (tertiary/aromatic N) is 2. The second kappa shape index (κ2) is 15.2. The Morgan fingerprint density at radius 2 is 1.56 bits per heavy atom. The highest BCUT2D eigenvalue weighted by Crippen LogP contribution is 2.54. The van der Waals surface area contributed by atoms with Crippen molar-refractivity contribution in [3.8, 4) is 0 Å². The zero-order chi connectivity index (χ0) is 33.7. The number of aliphatic imine (C=N–C) groups is 1. The molecule has 0 aliphatic carbocycles. The number of aryl methyl sites for hydroxylation is 1. The number of unbranched alkanes of at least 4 members (excludes halogenated alkanes) is 1. The number of ether oxygens (including phenoxy) is 2. The molecule has 2 fully saturated rings. The highest BCUT2D eigenvalue weighted by Gasteiger charge is 2.60. The predicted molar refractivity (Wildman–Crippen MR) is 187 cm³/mol. The van der Waals surface area contributed by atoms with Crippen molar-refractivity contribution < 1.29 is 23.0 Å². The lowest BCUT2D eigenvalue weighted by atomic mass is 9.71. The molecule has 6 rings (SSSR count). The Bertz CT molecular complexity index is 1700. The largest absolute Gasteiger partial charge is 0.469 e. The molecular formula is C39H37ClF2N2O3S. The molecule has 2 heterocycles. The maximum absolute atomic E-state index is 14.1. The number of isothiocyanates is 1. The van der Waals surface area contributed by atoms with Gasteiger partial charge in [0.2, 0.25) is 0 Å². The molecule has 0 spiro atoms. The monoisotopic (exact) mass is 686 g/mol. The van der Waals surface area contributed by atoms with Crippen molar-refractivity contribution in [3.05, 3.63) is 136 Å². The highest BCUT2D eigenvalue weighted by atomic mass is 35.5. The van der Waals surface area contributed by atoms with Crippen LogP contribution in [0.3, 0.4) is 0 Å². The minimum Gasteiger partial charge on any atom is -0.469 e. The lowest BCUT2D eigenvalue weighted by Gasteiger charge is -2.52. The number of carbonyl (C=O) groups excluding carboxylic acids is 1. The van der Waals surface area contributed by atoms with E-state index in [0.717, 1.165) is 49.9 Å². The molecule has 0 N–H and O–H groups in total. The van der Waals surface area contributed by atoms with E-state index >= 15 is 0 Å². The molecule has 4 aromatic carbocycles. The molecule has 0 amide bonds. The topological polar surface area (TPSA) is 51.1 Å². The Morgan fingerprint density at radius 3 is 2.15 bits per heavy atom. The van der Waals surface area contributed by atoms with Crippen LogP contribution in [0.4, 0.5) is 14.5 Å². The molecule has 5 nitrogen and oxygen atoms in total. The van der Waals surface area contributed by atoms with Crippen molar-refractivity contribution in [2.45, 2.75) is 62.3 Å². The molecule has 0 unspecified atom stereocenters. The maximum Gasteiger partial charge on any atom is 0.313 e. The van der Waals surface area contributed by atoms with Crippen LogP contribution < -0.4 is 0 Å². The zero-order valence-electron chi connectivity index (χ0n) is 26.7. The van der Waals surface area contributed by atoms with Gasteiger partial charge < -0.3 is 9.47 Å². The first kappa shape index (κ1) is 34.1. The zero-order valence-corrected chi connectivity index (χ0v) is 28.2. The number of esters is 1. The first-order chi connectivity index (χ1) is 23.3. The fraction of sp³-hybridized carbons (Fsp3) is 0.333. The summed E-state index contributed by atoms with van der Waals surface area (Å²) in [5.41, 5.74) is 3.11. The SMILES string of the molecule is COC(=O)[C@@H]1[C@H]2CC[C@@H](C[C@]1(OC(c1ccc(F)cc1)c1ccc(F)cc1)c1ccc(Cl)cc1)N2CCCCc1ccc(N=C=S)cc1. The molecule has 2 aliphatic rings. The van der Waals surface area contributed by atoms with Gasteiger partial charge in [-0.15, -0.1) is 0 Å². The molecule has 2 aliphatic heterocycles. The summed E-state index contributed by atoms with van der Waals surface area (Å²) >= 11 is 11.1. The third-order valence-corrected chi connectivity index (χ3v) is 10.2. The minimum atomic E-state index is -1.11. The second-order valence-electron chi connectivity index (χ2n) is 12.6. The van der Waals surface area contributed by atoms with E-state index in [-0.39, 0.29) is 29.7 Å². The van der Waals surface area contributed by atoms with Crippen LogP contribution in [0.15, 0.2) is 102 Å². The highest BCUT2D eigenvalue weighted by molar-refractivity contribution is 7.78. The van der Waals surface area contributed by atoms with E-state index in [9.17, 15) is 13.6 Å². The molecule has 248 valence electrons. The lowest BCUT2D eigenvalue weighted by molar-refractivity contribution is -0.195. The van der Waals surface area contributed by atoms with E-state index < -0.39 is 17.6 Å². The van der Waals surface area contributed by atoms with Crippen LogP contribution in [0.25, 0.3) is 0 Å². The number of piperidine rings is 1. The summed E-state index contributed by atoms with van der Waals surface area (Å²) in [5, 5.41) is 2.97. The fourth-order valence-electron chi connectivity index (χ4n) is 7.60. The van der Waals surface area contributed by atoms with E-state index in [1.165, 1.54) is 36.9 Å². The quantitative estimate of drug-likeness (QED) is 0.0643. The summed E-state index contributed by atoms with van der Waals surface area (Å²) in [5.74, 6) is -1.77. The molecule has 2 bridgehead atoms. The number of carbonyl (C=O) groups is 1. The van der Waals surface area contributed by atoms with Gasteiger partial charge >= 0.3 is 5.97 Å². The van der Waals surface area contributed by atoms with Crippen LogP contribution in [0, 0.1) is 17.6 Å². The van der Waals surface area contributed by atoms with E-state index in [2.05, 4.69) is 27.2 Å². The van der Waals surface area contributed by atoms with Crippen molar-refractivity contribution in [2.75, 3.05) is 13.7 Å². The van der Waals surface area contributed by atoms with Gasteiger partial charge in [0.1, 0.15) is 29.3 Å². The van der Waals surface area contributed by atoms with E-state index in [4.69, 9.17) is 33.3 Å². The van der Waals surface area contributed by atoms with E-state index in [0.29, 0.717) is 22.6 Å². The summed E-state index contributed by atoms with van der Waals surface area (Å²) in [7, 11) is 1.42. The Hall–Kier alpha value is -3.78. The number of methoxy groups -OCH3 is 1. The number of benzene rings is 4. The molecule has 0 saturated carbocycles. The Balaban J connectivity index is 1.33. The van der Waals surface area contributed by atoms with Gasteiger partial charge in [-0.25, -0.2) is 8.78 Å². The third-order valence-electron chi connectivity index (χ3n) is 9.82. The molecule has 48 heavy (non-hydrogen) atoms. The minimum absolute atomic E-state index is 0.124. The number of hydrogen-bond donors (Lipinski definition) is 0. The summed E-state index contributed by atoms with van der Waals surface area (Å²) in [4.78, 5) is 20.5. The lowest BCUT2D eigenvalue weighted by Crippen LogP contribution is -2.60. The standard InChI is InChI=1S/C39H37ClF2N2O3S/c1-46-38(45)36-35-22-21-34(44(35)23-3-2-4-26-5-19-33(20-6-26)43-25-48)24-39(36,29-11-13-30(40)14-12-29)47-37(27-7-15-31(41)16-8-27)28-9-17-32(42)18-10-28/h5-20,34-37H,2-4,21-24H2,1H3/t34-,35+,36-,39-/m0/s1. The normalized spacial score (nSPS) is 22.0. The number of thiocarbonyl (C=S) groups is 1. The average Bonchev–Trinajstić information content (AvgIpc) is 3.39. The van der Waals surface area contributed by atoms with Crippen molar-refractivity contribution in [3.63, 3.8) is 0 Å². The van der Waals surface area contributed by atoms with Gasteiger partial charge in [0, 0.05) is 17.1 Å². The van der Waals surface area contributed by atoms with Crippen LogP contribution in [0.1, 0.15) is 60.5 Å². The molecular weight excluding hydrogens is 650 g/mol. The van der Waals surface area contributed by atoms with Crippen LogP contribution in [0.5, 0.6) is 0 Å². The first-order valence-electron chi connectivity index (χ1n) is 16.3. The number of fused-ring (bicyclic) bond motifs is 2. The Labute approximate surface area is 290 Å². The predicted octanol–water partition coefficient (Wildman–Crippen LogP) is 9.40. The van der Waals surface area contributed by atoms with Crippen molar-refractivity contribution >= 4 is 40.6 Å². The molecule has 4 aromatic rings. The van der Waals surface area contributed by atoms with E-state index in [1.807, 2.05) is 36.4 Å². The molecule has 0 aromatic heterocycles. The van der Waals surface area contributed by atoms with Crippen LogP contribution in [-0.2, 0) is 26.3 Å². The van der Waals surface area contributed by atoms with E-state index in [1.54, 1.807) is 24.3 Å². The fourth-order valence-corrected chi connectivity index (χ4v) is 7.83.